The summed E-state index contributed by atoms with van der Waals surface area (Å²) in [6.07, 6.45) is -1.08. The maximum Gasteiger partial charge on any atom is 0.417 e. The second kappa shape index (κ2) is 7.47. The first-order chi connectivity index (χ1) is 12.3. The summed E-state index contributed by atoms with van der Waals surface area (Å²) in [6, 6.07) is 2.92. The molecule has 0 unspecified atom stereocenters. The number of amides is 1. The summed E-state index contributed by atoms with van der Waals surface area (Å²) in [5.74, 6) is -0.449. The third-order valence-corrected chi connectivity index (χ3v) is 6.37. The molecule has 0 aliphatic heterocycles. The van der Waals surface area contributed by atoms with E-state index in [1.165, 1.54) is 11.3 Å². The number of carbonyl (C=O) groups excluding carboxylic acids is 1. The lowest BCUT2D eigenvalue weighted by Gasteiger charge is -2.09. The molecule has 2 heterocycles. The summed E-state index contributed by atoms with van der Waals surface area (Å²) in [6.45, 7) is 0. The maximum atomic E-state index is 12.6. The number of thioether (sulfide) groups is 1. The van der Waals surface area contributed by atoms with Crippen LogP contribution < -0.4 is 5.32 Å². The van der Waals surface area contributed by atoms with Crippen molar-refractivity contribution in [2.24, 2.45) is 0 Å². The molecule has 0 bridgehead atoms. The molecule has 2 aromatic rings. The van der Waals surface area contributed by atoms with Crippen LogP contribution in [0.2, 0.25) is 5.02 Å². The third kappa shape index (κ3) is 3.98. The van der Waals surface area contributed by atoms with E-state index in [1.807, 2.05) is 0 Å². The van der Waals surface area contributed by atoms with Crippen molar-refractivity contribution in [3.8, 4) is 6.07 Å². The van der Waals surface area contributed by atoms with Gasteiger partial charge in [0, 0.05) is 11.1 Å². The number of halogens is 4. The van der Waals surface area contributed by atoms with Crippen molar-refractivity contribution >= 4 is 45.6 Å². The molecule has 1 amide bonds. The molecular formula is C16H11ClF3N3OS2. The van der Waals surface area contributed by atoms with Gasteiger partial charge in [-0.1, -0.05) is 23.4 Å². The third-order valence-electron chi connectivity index (χ3n) is 3.76. The number of hydrogen-bond acceptors (Lipinski definition) is 5. The normalized spacial score (nSPS) is 13.3. The Morgan fingerprint density at radius 3 is 2.88 bits per heavy atom. The SMILES string of the molecule is N#Cc1c(NC(=O)CSc2ncc(C(F)(F)F)cc2Cl)sc2c1CCC2. The number of thiophene rings is 1. The molecule has 26 heavy (non-hydrogen) atoms. The van der Waals surface area contributed by atoms with Crippen LogP contribution in [-0.4, -0.2) is 16.6 Å². The number of anilines is 1. The predicted molar refractivity (Wildman–Crippen MR) is 94.7 cm³/mol. The van der Waals surface area contributed by atoms with Crippen LogP contribution >= 0.6 is 34.7 Å². The lowest BCUT2D eigenvalue weighted by atomic mass is 10.1. The van der Waals surface area contributed by atoms with Crippen LogP contribution in [0.3, 0.4) is 0 Å². The van der Waals surface area contributed by atoms with Crippen molar-refractivity contribution in [2.45, 2.75) is 30.5 Å². The fourth-order valence-electron chi connectivity index (χ4n) is 2.59. The van der Waals surface area contributed by atoms with E-state index in [9.17, 15) is 23.2 Å². The van der Waals surface area contributed by atoms with E-state index in [4.69, 9.17) is 11.6 Å². The molecule has 1 aliphatic carbocycles. The first-order valence-electron chi connectivity index (χ1n) is 7.49. The Hall–Kier alpha value is -1.76. The van der Waals surface area contributed by atoms with Gasteiger partial charge in [0.1, 0.15) is 16.1 Å². The second-order valence-corrected chi connectivity index (χ2v) is 8.00. The van der Waals surface area contributed by atoms with Gasteiger partial charge < -0.3 is 5.32 Å². The van der Waals surface area contributed by atoms with Crippen molar-refractivity contribution in [3.63, 3.8) is 0 Å². The molecule has 10 heteroatoms. The zero-order valence-corrected chi connectivity index (χ0v) is 15.5. The van der Waals surface area contributed by atoms with Gasteiger partial charge in [0.25, 0.3) is 0 Å². The number of hydrogen-bond donors (Lipinski definition) is 1. The molecular weight excluding hydrogens is 407 g/mol. The molecule has 1 aliphatic rings. The molecule has 0 saturated heterocycles. The van der Waals surface area contributed by atoms with Crippen LogP contribution in [-0.2, 0) is 23.8 Å². The smallest absolute Gasteiger partial charge is 0.316 e. The van der Waals surface area contributed by atoms with Gasteiger partial charge in [-0.2, -0.15) is 18.4 Å². The summed E-state index contributed by atoms with van der Waals surface area (Å²) >= 11 is 8.16. The highest BCUT2D eigenvalue weighted by atomic mass is 35.5. The van der Waals surface area contributed by atoms with E-state index in [1.54, 1.807) is 0 Å². The number of nitrogens with one attached hydrogen (secondary N) is 1. The Bertz CT molecular complexity index is 905. The Morgan fingerprint density at radius 2 is 2.23 bits per heavy atom. The first kappa shape index (κ1) is 19.0. The maximum absolute atomic E-state index is 12.6. The summed E-state index contributed by atoms with van der Waals surface area (Å²) in [5.41, 5.74) is 0.572. The minimum absolute atomic E-state index is 0.0779. The zero-order chi connectivity index (χ0) is 18.9. The van der Waals surface area contributed by atoms with E-state index < -0.39 is 11.7 Å². The van der Waals surface area contributed by atoms with Crippen LogP contribution in [0.15, 0.2) is 17.3 Å². The van der Waals surface area contributed by atoms with Gasteiger partial charge in [0.2, 0.25) is 5.91 Å². The molecule has 0 saturated carbocycles. The molecule has 0 spiro atoms. The Labute approximate surface area is 160 Å². The van der Waals surface area contributed by atoms with Gasteiger partial charge >= 0.3 is 6.18 Å². The highest BCUT2D eigenvalue weighted by molar-refractivity contribution is 8.00. The van der Waals surface area contributed by atoms with E-state index >= 15 is 0 Å². The highest BCUT2D eigenvalue weighted by Gasteiger charge is 2.31. The number of rotatable bonds is 4. The van der Waals surface area contributed by atoms with Crippen LogP contribution in [0.25, 0.3) is 0 Å². The number of carbonyl (C=O) groups is 1. The highest BCUT2D eigenvalue weighted by Crippen LogP contribution is 2.39. The topological polar surface area (TPSA) is 65.8 Å². The number of aryl methyl sites for hydroxylation is 1. The van der Waals surface area contributed by atoms with E-state index in [0.29, 0.717) is 16.8 Å². The molecule has 3 rings (SSSR count). The molecule has 0 fully saturated rings. The minimum Gasteiger partial charge on any atom is -0.316 e. The minimum atomic E-state index is -4.52. The summed E-state index contributed by atoms with van der Waals surface area (Å²) < 4.78 is 37.8. The fraction of sp³-hybridized carbons (Fsp3) is 0.312. The quantitative estimate of drug-likeness (QED) is 0.718. The lowest BCUT2D eigenvalue weighted by Crippen LogP contribution is -2.14. The summed E-state index contributed by atoms with van der Waals surface area (Å²) in [7, 11) is 0. The van der Waals surface area contributed by atoms with Crippen molar-refractivity contribution < 1.29 is 18.0 Å². The molecule has 0 atom stereocenters. The average molecular weight is 418 g/mol. The Morgan fingerprint density at radius 1 is 1.46 bits per heavy atom. The molecule has 136 valence electrons. The standard InChI is InChI=1S/C16H11ClF3N3OS2/c17-11-4-8(16(18,19)20)6-22-15(11)25-7-13(24)23-14-10(5-21)9-2-1-3-12(9)26-14/h4,6H,1-3,7H2,(H,23,24). The van der Waals surface area contributed by atoms with E-state index in [-0.39, 0.29) is 21.7 Å². The number of nitriles is 1. The monoisotopic (exact) mass is 417 g/mol. The number of aromatic nitrogens is 1. The molecule has 2 aromatic heterocycles. The fourth-order valence-corrected chi connectivity index (χ4v) is 4.84. The van der Waals surface area contributed by atoms with Gasteiger partial charge in [-0.3, -0.25) is 4.79 Å². The Kier molecular flexibility index (Phi) is 5.46. The average Bonchev–Trinajstić information content (AvgIpc) is 3.13. The molecule has 0 aromatic carbocycles. The van der Waals surface area contributed by atoms with Crippen LogP contribution in [0.1, 0.15) is 28.0 Å². The number of fused-ring (bicyclic) bond motifs is 1. The number of alkyl halides is 3. The summed E-state index contributed by atoms with van der Waals surface area (Å²) in [5, 5.41) is 12.5. The van der Waals surface area contributed by atoms with Crippen LogP contribution in [0, 0.1) is 11.3 Å². The second-order valence-electron chi connectivity index (χ2n) is 5.52. The molecule has 1 N–H and O–H groups in total. The Balaban J connectivity index is 1.64. The van der Waals surface area contributed by atoms with Crippen molar-refractivity contribution in [1.29, 1.82) is 5.26 Å². The van der Waals surface area contributed by atoms with Crippen molar-refractivity contribution in [1.82, 2.24) is 4.98 Å². The largest absolute Gasteiger partial charge is 0.417 e. The van der Waals surface area contributed by atoms with Crippen molar-refractivity contribution in [2.75, 3.05) is 11.1 Å². The molecule has 4 nitrogen and oxygen atoms in total. The van der Waals surface area contributed by atoms with Crippen LogP contribution in [0.4, 0.5) is 18.2 Å². The first-order valence-corrected chi connectivity index (χ1v) is 9.67. The number of nitrogens with zero attached hydrogens (tertiary/aromatic N) is 2. The van der Waals surface area contributed by atoms with Gasteiger partial charge in [0.05, 0.1) is 21.9 Å². The van der Waals surface area contributed by atoms with E-state index in [2.05, 4.69) is 16.4 Å². The zero-order valence-electron chi connectivity index (χ0n) is 13.1. The predicted octanol–water partition coefficient (Wildman–Crippen LogP) is 4.91. The summed E-state index contributed by atoms with van der Waals surface area (Å²) in [4.78, 5) is 16.9. The number of pyridine rings is 1. The molecule has 0 radical (unpaired) electrons. The lowest BCUT2D eigenvalue weighted by molar-refractivity contribution is -0.137. The van der Waals surface area contributed by atoms with Gasteiger partial charge in [-0.05, 0) is 30.9 Å². The van der Waals surface area contributed by atoms with Crippen LogP contribution in [0.5, 0.6) is 0 Å². The van der Waals surface area contributed by atoms with E-state index in [0.717, 1.165) is 47.5 Å². The van der Waals surface area contributed by atoms with Gasteiger partial charge in [-0.15, -0.1) is 11.3 Å². The van der Waals surface area contributed by atoms with Crippen molar-refractivity contribution in [3.05, 3.63) is 38.9 Å². The van der Waals surface area contributed by atoms with Gasteiger partial charge in [0.15, 0.2) is 0 Å². The van der Waals surface area contributed by atoms with Gasteiger partial charge in [-0.25, -0.2) is 4.98 Å².